The maximum atomic E-state index is 10.1. The van der Waals surface area contributed by atoms with Crippen molar-refractivity contribution in [2.24, 2.45) is 0 Å². The molecule has 1 aliphatic rings. The second-order valence-corrected chi connectivity index (χ2v) is 4.97. The molecule has 0 bridgehead atoms. The predicted molar refractivity (Wildman–Crippen MR) is 67.2 cm³/mol. The summed E-state index contributed by atoms with van der Waals surface area (Å²) in [5, 5.41) is 14.0. The molecule has 1 heterocycles. The maximum absolute atomic E-state index is 10.1. The fraction of sp³-hybridized carbons (Fsp3) is 0.538. The summed E-state index contributed by atoms with van der Waals surface area (Å²) in [6.45, 7) is 5.11. The normalized spacial score (nSPS) is 21.1. The third-order valence-corrected chi connectivity index (χ3v) is 3.77. The van der Waals surface area contributed by atoms with Crippen molar-refractivity contribution in [2.75, 3.05) is 6.54 Å². The number of phenols is 1. The molecule has 2 N–H and O–H groups in total. The average molecular weight is 240 g/mol. The van der Waals surface area contributed by atoms with Crippen LogP contribution in [-0.2, 0) is 0 Å². The van der Waals surface area contributed by atoms with Gasteiger partial charge < -0.3 is 10.4 Å². The summed E-state index contributed by atoms with van der Waals surface area (Å²) in [6, 6.07) is 2.09. The number of hydrogen-bond donors (Lipinski definition) is 2. The number of halogens is 1. The minimum absolute atomic E-state index is 0.254. The molecule has 0 aliphatic carbocycles. The van der Waals surface area contributed by atoms with Gasteiger partial charge in [-0.25, -0.2) is 0 Å². The van der Waals surface area contributed by atoms with Crippen molar-refractivity contribution >= 4 is 11.6 Å². The maximum Gasteiger partial charge on any atom is 0.139 e. The minimum atomic E-state index is 0.254. The minimum Gasteiger partial charge on any atom is -0.506 e. The van der Waals surface area contributed by atoms with Crippen molar-refractivity contribution < 1.29 is 5.11 Å². The Morgan fingerprint density at radius 1 is 1.38 bits per heavy atom. The molecule has 1 fully saturated rings. The molecular weight excluding hydrogens is 222 g/mol. The molecule has 1 saturated heterocycles. The number of aryl methyl sites for hydroxylation is 1. The summed E-state index contributed by atoms with van der Waals surface area (Å²) < 4.78 is 0. The van der Waals surface area contributed by atoms with Gasteiger partial charge in [-0.15, -0.1) is 0 Å². The Morgan fingerprint density at radius 2 is 2.12 bits per heavy atom. The molecule has 1 unspecified atom stereocenters. The smallest absolute Gasteiger partial charge is 0.139 e. The highest BCUT2D eigenvalue weighted by atomic mass is 35.5. The van der Waals surface area contributed by atoms with Crippen LogP contribution in [0.25, 0.3) is 0 Å². The third-order valence-electron chi connectivity index (χ3n) is 3.48. The van der Waals surface area contributed by atoms with Crippen LogP contribution in [0.3, 0.4) is 0 Å². The summed E-state index contributed by atoms with van der Waals surface area (Å²) in [6.07, 6.45) is 3.51. The molecule has 0 aromatic heterocycles. The Kier molecular flexibility index (Phi) is 3.41. The Morgan fingerprint density at radius 3 is 2.75 bits per heavy atom. The van der Waals surface area contributed by atoms with Gasteiger partial charge >= 0.3 is 0 Å². The van der Waals surface area contributed by atoms with E-state index in [-0.39, 0.29) is 11.8 Å². The van der Waals surface area contributed by atoms with Gasteiger partial charge in [-0.05, 0) is 50.4 Å². The zero-order valence-corrected chi connectivity index (χ0v) is 10.6. The lowest BCUT2D eigenvalue weighted by molar-refractivity contribution is 0.389. The van der Waals surface area contributed by atoms with Crippen molar-refractivity contribution in [3.05, 3.63) is 27.8 Å². The van der Waals surface area contributed by atoms with Crippen LogP contribution in [-0.4, -0.2) is 11.7 Å². The van der Waals surface area contributed by atoms with Crippen LogP contribution in [0.5, 0.6) is 5.75 Å². The Hall–Kier alpha value is -0.730. The highest BCUT2D eigenvalue weighted by molar-refractivity contribution is 6.32. The quantitative estimate of drug-likeness (QED) is 0.787. The lowest BCUT2D eigenvalue weighted by Gasteiger charge is -2.27. The Bertz CT molecular complexity index is 371. The van der Waals surface area contributed by atoms with Crippen molar-refractivity contribution in [3.8, 4) is 5.75 Å². The molecule has 0 spiro atoms. The number of aromatic hydroxyl groups is 1. The number of phenolic OH excluding ortho intramolecular Hbond substituents is 1. The highest BCUT2D eigenvalue weighted by Crippen LogP contribution is 2.38. The monoisotopic (exact) mass is 239 g/mol. The molecule has 1 aromatic carbocycles. The number of benzene rings is 1. The fourth-order valence-corrected chi connectivity index (χ4v) is 2.68. The van der Waals surface area contributed by atoms with Crippen LogP contribution in [0, 0.1) is 13.8 Å². The summed E-state index contributed by atoms with van der Waals surface area (Å²) in [5.74, 6) is 0.254. The molecule has 16 heavy (non-hydrogen) atoms. The van der Waals surface area contributed by atoms with E-state index < -0.39 is 0 Å². The Labute approximate surface area is 102 Å². The summed E-state index contributed by atoms with van der Waals surface area (Å²) in [4.78, 5) is 0. The van der Waals surface area contributed by atoms with Crippen LogP contribution in [0.1, 0.15) is 42.0 Å². The zero-order valence-electron chi connectivity index (χ0n) is 9.81. The molecule has 0 amide bonds. The van der Waals surface area contributed by atoms with Gasteiger partial charge in [0.05, 0.1) is 5.02 Å². The molecule has 3 heteroatoms. The van der Waals surface area contributed by atoms with Crippen LogP contribution in [0.4, 0.5) is 0 Å². The van der Waals surface area contributed by atoms with E-state index in [0.717, 1.165) is 29.7 Å². The van der Waals surface area contributed by atoms with E-state index in [9.17, 15) is 5.11 Å². The van der Waals surface area contributed by atoms with Crippen LogP contribution < -0.4 is 5.32 Å². The van der Waals surface area contributed by atoms with Gasteiger partial charge in [-0.2, -0.15) is 0 Å². The first-order chi connectivity index (χ1) is 7.61. The average Bonchev–Trinajstić information content (AvgIpc) is 2.28. The molecule has 1 aliphatic heterocycles. The topological polar surface area (TPSA) is 32.3 Å². The van der Waals surface area contributed by atoms with Crippen molar-refractivity contribution in [3.63, 3.8) is 0 Å². The summed E-state index contributed by atoms with van der Waals surface area (Å²) in [7, 11) is 0. The number of nitrogens with one attached hydrogen (secondary N) is 1. The van der Waals surface area contributed by atoms with Gasteiger partial charge in [0.2, 0.25) is 0 Å². The largest absolute Gasteiger partial charge is 0.506 e. The second kappa shape index (κ2) is 4.64. The first kappa shape index (κ1) is 11.7. The molecule has 0 saturated carbocycles. The van der Waals surface area contributed by atoms with E-state index in [1.165, 1.54) is 12.8 Å². The molecule has 2 nitrogen and oxygen atoms in total. The van der Waals surface area contributed by atoms with E-state index >= 15 is 0 Å². The van der Waals surface area contributed by atoms with Crippen molar-refractivity contribution in [2.45, 2.75) is 39.2 Å². The molecule has 1 atom stereocenters. The van der Waals surface area contributed by atoms with Gasteiger partial charge in [0.1, 0.15) is 5.75 Å². The number of hydrogen-bond acceptors (Lipinski definition) is 2. The van der Waals surface area contributed by atoms with Gasteiger partial charge in [0, 0.05) is 11.6 Å². The second-order valence-electron chi connectivity index (χ2n) is 4.57. The molecule has 0 radical (unpaired) electrons. The van der Waals surface area contributed by atoms with Crippen LogP contribution in [0.15, 0.2) is 6.07 Å². The zero-order chi connectivity index (χ0) is 11.7. The van der Waals surface area contributed by atoms with E-state index in [1.807, 2.05) is 13.0 Å². The summed E-state index contributed by atoms with van der Waals surface area (Å²) in [5.41, 5.74) is 3.29. The Balaban J connectivity index is 2.45. The molecule has 88 valence electrons. The van der Waals surface area contributed by atoms with Gasteiger partial charge in [-0.1, -0.05) is 18.0 Å². The molecule has 1 aromatic rings. The fourth-order valence-electron chi connectivity index (χ4n) is 2.41. The summed E-state index contributed by atoms with van der Waals surface area (Å²) >= 11 is 6.03. The highest BCUT2D eigenvalue weighted by Gasteiger charge is 2.22. The van der Waals surface area contributed by atoms with Crippen molar-refractivity contribution in [1.29, 1.82) is 0 Å². The van der Waals surface area contributed by atoms with E-state index in [2.05, 4.69) is 12.2 Å². The molecular formula is C13H18ClNO. The first-order valence-corrected chi connectivity index (χ1v) is 6.21. The van der Waals surface area contributed by atoms with Crippen LogP contribution in [0.2, 0.25) is 5.02 Å². The first-order valence-electron chi connectivity index (χ1n) is 5.83. The van der Waals surface area contributed by atoms with Gasteiger partial charge in [0.25, 0.3) is 0 Å². The third kappa shape index (κ3) is 2.04. The number of piperidine rings is 1. The number of rotatable bonds is 1. The van der Waals surface area contributed by atoms with E-state index in [1.54, 1.807) is 0 Å². The van der Waals surface area contributed by atoms with E-state index in [0.29, 0.717) is 5.02 Å². The SMILES string of the molecule is Cc1cc(Cl)c(O)c(C2CCCCN2)c1C. The lowest BCUT2D eigenvalue weighted by Crippen LogP contribution is -2.27. The van der Waals surface area contributed by atoms with Crippen LogP contribution >= 0.6 is 11.6 Å². The lowest BCUT2D eigenvalue weighted by atomic mass is 9.91. The van der Waals surface area contributed by atoms with Gasteiger partial charge in [-0.3, -0.25) is 0 Å². The van der Waals surface area contributed by atoms with Gasteiger partial charge in [0.15, 0.2) is 0 Å². The van der Waals surface area contributed by atoms with Crippen molar-refractivity contribution in [1.82, 2.24) is 5.32 Å². The predicted octanol–water partition coefficient (Wildman–Crippen LogP) is 3.48. The standard InChI is InChI=1S/C13H18ClNO/c1-8-7-10(14)13(16)12(9(8)2)11-5-3-4-6-15-11/h7,11,15-16H,3-6H2,1-2H3. The van der Waals surface area contributed by atoms with E-state index in [4.69, 9.17) is 11.6 Å². The molecule has 2 rings (SSSR count).